The van der Waals surface area contributed by atoms with Gasteiger partial charge in [0.15, 0.2) is 10.9 Å². The summed E-state index contributed by atoms with van der Waals surface area (Å²) in [6.07, 6.45) is 0. The first-order valence-electron chi connectivity index (χ1n) is 5.06. The van der Waals surface area contributed by atoms with E-state index in [9.17, 15) is 4.79 Å². The molecule has 88 valence electrons. The highest BCUT2D eigenvalue weighted by molar-refractivity contribution is 9.10. The number of aromatic nitrogens is 1. The van der Waals surface area contributed by atoms with E-state index in [0.29, 0.717) is 5.69 Å². The minimum atomic E-state index is -0.0164. The third-order valence-corrected chi connectivity index (χ3v) is 3.64. The van der Waals surface area contributed by atoms with Crippen molar-refractivity contribution in [2.24, 2.45) is 0 Å². The van der Waals surface area contributed by atoms with Crippen LogP contribution in [0.5, 0.6) is 0 Å². The summed E-state index contributed by atoms with van der Waals surface area (Å²) in [6, 6.07) is 6.03. The van der Waals surface area contributed by atoms with Gasteiger partial charge in [-0.15, -0.1) is 11.3 Å². The molecule has 0 amide bonds. The number of hydrogen-bond acceptors (Lipinski definition) is 4. The summed E-state index contributed by atoms with van der Waals surface area (Å²) in [4.78, 5) is 15.3. The highest BCUT2D eigenvalue weighted by atomic mass is 79.9. The molecule has 2 rings (SSSR count). The first kappa shape index (κ1) is 12.3. The number of carbonyl (C=O) groups is 1. The number of Topliss-reactive ketones (excluding diaryl/α,β-unsaturated/α-hetero) is 1. The third-order valence-electron chi connectivity index (χ3n) is 2.23. The van der Waals surface area contributed by atoms with E-state index in [1.165, 1.54) is 23.8 Å². The Labute approximate surface area is 112 Å². The van der Waals surface area contributed by atoms with E-state index in [1.807, 2.05) is 25.1 Å². The minimum Gasteiger partial charge on any atom is -0.331 e. The molecule has 0 radical (unpaired) electrons. The first-order valence-corrected chi connectivity index (χ1v) is 6.73. The predicted octanol–water partition coefficient (Wildman–Crippen LogP) is 4.16. The Morgan fingerprint density at radius 3 is 2.82 bits per heavy atom. The zero-order valence-corrected chi connectivity index (χ0v) is 11.9. The molecule has 0 aliphatic carbocycles. The summed E-state index contributed by atoms with van der Waals surface area (Å²) in [6.45, 7) is 3.55. The zero-order valence-electron chi connectivity index (χ0n) is 9.45. The van der Waals surface area contributed by atoms with Crippen molar-refractivity contribution in [2.45, 2.75) is 13.8 Å². The summed E-state index contributed by atoms with van der Waals surface area (Å²) >= 11 is 4.91. The van der Waals surface area contributed by atoms with Crippen molar-refractivity contribution in [3.8, 4) is 0 Å². The Morgan fingerprint density at radius 2 is 2.24 bits per heavy atom. The van der Waals surface area contributed by atoms with E-state index in [0.717, 1.165) is 15.3 Å². The molecule has 3 nitrogen and oxygen atoms in total. The molecule has 0 spiro atoms. The van der Waals surface area contributed by atoms with E-state index >= 15 is 0 Å². The maximum absolute atomic E-state index is 11.1. The highest BCUT2D eigenvalue weighted by Gasteiger charge is 2.07. The number of benzene rings is 1. The Bertz CT molecular complexity index is 565. The molecule has 1 N–H and O–H groups in total. The van der Waals surface area contributed by atoms with Crippen molar-refractivity contribution in [1.29, 1.82) is 0 Å². The van der Waals surface area contributed by atoms with Gasteiger partial charge in [0, 0.05) is 16.8 Å². The van der Waals surface area contributed by atoms with Crippen LogP contribution in [-0.4, -0.2) is 10.8 Å². The van der Waals surface area contributed by atoms with Crippen LogP contribution in [0.2, 0.25) is 0 Å². The van der Waals surface area contributed by atoms with Crippen molar-refractivity contribution < 1.29 is 4.79 Å². The Hall–Kier alpha value is -1.20. The second kappa shape index (κ2) is 4.98. The molecule has 0 unspecified atom stereocenters. The lowest BCUT2D eigenvalue weighted by atomic mass is 10.2. The van der Waals surface area contributed by atoms with Gasteiger partial charge in [0.05, 0.1) is 5.69 Å². The van der Waals surface area contributed by atoms with Gasteiger partial charge in [-0.05, 0) is 40.5 Å². The normalized spacial score (nSPS) is 10.3. The van der Waals surface area contributed by atoms with Crippen molar-refractivity contribution in [3.05, 3.63) is 39.3 Å². The number of anilines is 2. The molecular formula is C12H11BrN2OS. The molecule has 0 bridgehead atoms. The summed E-state index contributed by atoms with van der Waals surface area (Å²) in [5.41, 5.74) is 2.63. The van der Waals surface area contributed by atoms with Crippen molar-refractivity contribution in [2.75, 3.05) is 5.32 Å². The van der Waals surface area contributed by atoms with Gasteiger partial charge in [0.2, 0.25) is 0 Å². The molecule has 0 aliphatic heterocycles. The first-order chi connectivity index (χ1) is 8.06. The number of thiazole rings is 1. The Kier molecular flexibility index (Phi) is 3.59. The number of hydrogen-bond donors (Lipinski definition) is 1. The van der Waals surface area contributed by atoms with Gasteiger partial charge in [-0.25, -0.2) is 4.98 Å². The van der Waals surface area contributed by atoms with Crippen molar-refractivity contribution >= 4 is 43.9 Å². The van der Waals surface area contributed by atoms with Gasteiger partial charge < -0.3 is 5.32 Å². The molecule has 0 saturated carbocycles. The van der Waals surface area contributed by atoms with Crippen LogP contribution in [0.4, 0.5) is 10.8 Å². The molecule has 0 fully saturated rings. The average molecular weight is 311 g/mol. The molecule has 1 aromatic heterocycles. The largest absolute Gasteiger partial charge is 0.331 e. The summed E-state index contributed by atoms with van der Waals surface area (Å²) in [5, 5.41) is 5.66. The highest BCUT2D eigenvalue weighted by Crippen LogP contribution is 2.28. The van der Waals surface area contributed by atoms with Crippen LogP contribution in [0.15, 0.2) is 28.1 Å². The lowest BCUT2D eigenvalue weighted by molar-refractivity contribution is 0.101. The third kappa shape index (κ3) is 2.92. The molecule has 5 heteroatoms. The second-order valence-corrected chi connectivity index (χ2v) is 5.41. The lowest BCUT2D eigenvalue weighted by Crippen LogP contribution is -1.94. The van der Waals surface area contributed by atoms with Crippen molar-refractivity contribution in [3.63, 3.8) is 0 Å². The van der Waals surface area contributed by atoms with Crippen LogP contribution in [-0.2, 0) is 0 Å². The quantitative estimate of drug-likeness (QED) is 0.865. The number of aryl methyl sites for hydroxylation is 1. The molecule has 17 heavy (non-hydrogen) atoms. The maximum Gasteiger partial charge on any atom is 0.187 e. The SMILES string of the molecule is CC(=O)c1csc(Nc2ccc(C)cc2Br)n1. The zero-order chi connectivity index (χ0) is 12.4. The van der Waals surface area contributed by atoms with E-state index in [4.69, 9.17) is 0 Å². The molecule has 2 aromatic rings. The van der Waals surface area contributed by atoms with Crippen LogP contribution >= 0.6 is 27.3 Å². The van der Waals surface area contributed by atoms with Gasteiger partial charge in [-0.3, -0.25) is 4.79 Å². The number of rotatable bonds is 3. The smallest absolute Gasteiger partial charge is 0.187 e. The van der Waals surface area contributed by atoms with Crippen LogP contribution in [0.25, 0.3) is 0 Å². The standard InChI is InChI=1S/C12H11BrN2OS/c1-7-3-4-10(9(13)5-7)14-12-15-11(6-17-12)8(2)16/h3-6H,1-2H3,(H,14,15). The van der Waals surface area contributed by atoms with Gasteiger partial charge in [0.25, 0.3) is 0 Å². The van der Waals surface area contributed by atoms with E-state index in [-0.39, 0.29) is 5.78 Å². The summed E-state index contributed by atoms with van der Waals surface area (Å²) in [7, 11) is 0. The van der Waals surface area contributed by atoms with Gasteiger partial charge in [-0.1, -0.05) is 6.07 Å². The van der Waals surface area contributed by atoms with Crippen LogP contribution < -0.4 is 5.32 Å². The molecule has 0 aliphatic rings. The topological polar surface area (TPSA) is 42.0 Å². The van der Waals surface area contributed by atoms with Crippen molar-refractivity contribution in [1.82, 2.24) is 4.98 Å². The van der Waals surface area contributed by atoms with Crippen LogP contribution in [0, 0.1) is 6.92 Å². The van der Waals surface area contributed by atoms with Gasteiger partial charge in [-0.2, -0.15) is 0 Å². The second-order valence-electron chi connectivity index (χ2n) is 3.70. The monoisotopic (exact) mass is 310 g/mol. The van der Waals surface area contributed by atoms with E-state index < -0.39 is 0 Å². The number of halogens is 1. The molecule has 0 atom stereocenters. The summed E-state index contributed by atoms with van der Waals surface area (Å²) < 4.78 is 0.983. The Morgan fingerprint density at radius 1 is 1.47 bits per heavy atom. The number of carbonyl (C=O) groups excluding carboxylic acids is 1. The fraction of sp³-hybridized carbons (Fsp3) is 0.167. The predicted molar refractivity (Wildman–Crippen MR) is 74.3 cm³/mol. The van der Waals surface area contributed by atoms with E-state index in [1.54, 1.807) is 5.38 Å². The van der Waals surface area contributed by atoms with Crippen LogP contribution in [0.3, 0.4) is 0 Å². The van der Waals surface area contributed by atoms with Gasteiger partial charge in [0.1, 0.15) is 5.69 Å². The summed E-state index contributed by atoms with van der Waals surface area (Å²) in [5.74, 6) is -0.0164. The lowest BCUT2D eigenvalue weighted by Gasteiger charge is -2.05. The minimum absolute atomic E-state index is 0.0164. The van der Waals surface area contributed by atoms with Gasteiger partial charge >= 0.3 is 0 Å². The molecule has 0 saturated heterocycles. The Balaban J connectivity index is 2.22. The fourth-order valence-corrected chi connectivity index (χ4v) is 2.68. The number of nitrogens with one attached hydrogen (secondary N) is 1. The molecule has 1 aromatic carbocycles. The van der Waals surface area contributed by atoms with E-state index in [2.05, 4.69) is 26.2 Å². The molecular weight excluding hydrogens is 300 g/mol. The maximum atomic E-state index is 11.1. The van der Waals surface area contributed by atoms with Crippen LogP contribution in [0.1, 0.15) is 23.0 Å². The number of ketones is 1. The molecule has 1 heterocycles. The number of nitrogens with zero attached hydrogens (tertiary/aromatic N) is 1. The average Bonchev–Trinajstić information content (AvgIpc) is 2.71. The fourth-order valence-electron chi connectivity index (χ4n) is 1.33.